The molecule has 108 valence electrons. The highest BCUT2D eigenvalue weighted by molar-refractivity contribution is 7.89. The molecule has 0 radical (unpaired) electrons. The van der Waals surface area contributed by atoms with E-state index in [4.69, 9.17) is 17.3 Å². The van der Waals surface area contributed by atoms with Crippen LogP contribution in [0.1, 0.15) is 25.8 Å². The molecule has 1 aromatic rings. The van der Waals surface area contributed by atoms with E-state index in [9.17, 15) is 8.42 Å². The molecule has 0 spiro atoms. The van der Waals surface area contributed by atoms with Crippen LogP contribution in [0.2, 0.25) is 5.02 Å². The molecule has 0 fully saturated rings. The van der Waals surface area contributed by atoms with Gasteiger partial charge in [0.25, 0.3) is 0 Å². The topological polar surface area (TPSA) is 63.4 Å². The minimum absolute atomic E-state index is 0.137. The molecule has 0 saturated heterocycles. The largest absolute Gasteiger partial charge is 0.326 e. The number of nitrogens with two attached hydrogens (primary N) is 1. The zero-order chi connectivity index (χ0) is 14.6. The summed E-state index contributed by atoms with van der Waals surface area (Å²) in [5.74, 6) is 0.452. The maximum Gasteiger partial charge on any atom is 0.244 e. The van der Waals surface area contributed by atoms with Gasteiger partial charge in [-0.1, -0.05) is 31.5 Å². The maximum atomic E-state index is 12.4. The number of benzene rings is 1. The van der Waals surface area contributed by atoms with Crippen molar-refractivity contribution in [3.63, 3.8) is 0 Å². The molecule has 6 heteroatoms. The molecule has 0 aliphatic heterocycles. The standard InChI is InChI=1S/C13H21ClN2O2S/c1-10(2)6-7-16(3)19(17,18)13-5-4-11(9-15)8-12(13)14/h4-5,8,10H,6-7,9,15H2,1-3H3. The van der Waals surface area contributed by atoms with E-state index in [0.717, 1.165) is 12.0 Å². The highest BCUT2D eigenvalue weighted by Gasteiger charge is 2.23. The van der Waals surface area contributed by atoms with Gasteiger partial charge in [0.05, 0.1) is 5.02 Å². The molecule has 0 aromatic heterocycles. The van der Waals surface area contributed by atoms with Gasteiger partial charge in [-0.15, -0.1) is 0 Å². The molecule has 1 rings (SSSR count). The predicted molar refractivity (Wildman–Crippen MR) is 78.6 cm³/mol. The molecule has 0 saturated carbocycles. The third kappa shape index (κ3) is 4.18. The summed E-state index contributed by atoms with van der Waals surface area (Å²) in [6.07, 6.45) is 0.814. The van der Waals surface area contributed by atoms with Crippen LogP contribution >= 0.6 is 11.6 Å². The molecule has 0 heterocycles. The summed E-state index contributed by atoms with van der Waals surface area (Å²) < 4.78 is 26.1. The van der Waals surface area contributed by atoms with Gasteiger partial charge in [0.2, 0.25) is 10.0 Å². The molecular formula is C13H21ClN2O2S. The third-order valence-corrected chi connectivity index (χ3v) is 5.28. The van der Waals surface area contributed by atoms with E-state index in [-0.39, 0.29) is 9.92 Å². The summed E-state index contributed by atoms with van der Waals surface area (Å²) in [5.41, 5.74) is 6.31. The van der Waals surface area contributed by atoms with Gasteiger partial charge in [0.1, 0.15) is 4.90 Å². The molecule has 1 aromatic carbocycles. The van der Waals surface area contributed by atoms with Crippen LogP contribution in [0.25, 0.3) is 0 Å². The summed E-state index contributed by atoms with van der Waals surface area (Å²) in [6, 6.07) is 4.81. The Hall–Kier alpha value is -0.620. The second-order valence-electron chi connectivity index (χ2n) is 4.98. The summed E-state index contributed by atoms with van der Waals surface area (Å²) in [7, 11) is -1.96. The minimum atomic E-state index is -3.53. The highest BCUT2D eigenvalue weighted by Crippen LogP contribution is 2.25. The van der Waals surface area contributed by atoms with Crippen molar-refractivity contribution in [3.8, 4) is 0 Å². The van der Waals surface area contributed by atoms with E-state index in [1.54, 1.807) is 19.2 Å². The molecule has 0 aliphatic carbocycles. The lowest BCUT2D eigenvalue weighted by molar-refractivity contribution is 0.428. The number of rotatable bonds is 6. The average Bonchev–Trinajstić information content (AvgIpc) is 2.35. The van der Waals surface area contributed by atoms with Crippen LogP contribution in [0.4, 0.5) is 0 Å². The minimum Gasteiger partial charge on any atom is -0.326 e. The fourth-order valence-corrected chi connectivity index (χ4v) is 3.33. The summed E-state index contributed by atoms with van der Waals surface area (Å²) >= 11 is 6.04. The summed E-state index contributed by atoms with van der Waals surface area (Å²) in [5, 5.41) is 0.222. The Kier molecular flexibility index (Phi) is 5.80. The van der Waals surface area contributed by atoms with Crippen LogP contribution in [0, 0.1) is 5.92 Å². The number of halogens is 1. The van der Waals surface area contributed by atoms with Crippen molar-refractivity contribution in [1.29, 1.82) is 0 Å². The Morgan fingerprint density at radius 3 is 2.47 bits per heavy atom. The van der Waals surface area contributed by atoms with Gasteiger partial charge in [-0.25, -0.2) is 12.7 Å². The van der Waals surface area contributed by atoms with Gasteiger partial charge in [-0.05, 0) is 30.0 Å². The molecule has 19 heavy (non-hydrogen) atoms. The van der Waals surface area contributed by atoms with Crippen molar-refractivity contribution in [2.24, 2.45) is 11.7 Å². The molecule has 0 atom stereocenters. The third-order valence-electron chi connectivity index (χ3n) is 2.94. The SMILES string of the molecule is CC(C)CCN(C)S(=O)(=O)c1ccc(CN)cc1Cl. The smallest absolute Gasteiger partial charge is 0.244 e. The van der Waals surface area contributed by atoms with Crippen LogP contribution in [0.5, 0.6) is 0 Å². The van der Waals surface area contributed by atoms with E-state index in [1.165, 1.54) is 10.4 Å². The van der Waals surface area contributed by atoms with Crippen molar-refractivity contribution in [2.45, 2.75) is 31.7 Å². The van der Waals surface area contributed by atoms with E-state index in [2.05, 4.69) is 13.8 Å². The molecule has 4 nitrogen and oxygen atoms in total. The normalized spacial score (nSPS) is 12.4. The molecule has 0 amide bonds. The average molecular weight is 305 g/mol. The monoisotopic (exact) mass is 304 g/mol. The van der Waals surface area contributed by atoms with Crippen molar-refractivity contribution in [1.82, 2.24) is 4.31 Å². The molecule has 0 unspecified atom stereocenters. The number of sulfonamides is 1. The van der Waals surface area contributed by atoms with Gasteiger partial charge < -0.3 is 5.73 Å². The van der Waals surface area contributed by atoms with Gasteiger partial charge in [0.15, 0.2) is 0 Å². The molecule has 0 aliphatic rings. The lowest BCUT2D eigenvalue weighted by Crippen LogP contribution is -2.29. The first-order chi connectivity index (χ1) is 8.78. The van der Waals surface area contributed by atoms with Crippen molar-refractivity contribution < 1.29 is 8.42 Å². The van der Waals surface area contributed by atoms with Gasteiger partial charge in [0, 0.05) is 20.1 Å². The summed E-state index contributed by atoms with van der Waals surface area (Å²) in [6.45, 7) is 4.94. The van der Waals surface area contributed by atoms with E-state index >= 15 is 0 Å². The second kappa shape index (κ2) is 6.70. The van der Waals surface area contributed by atoms with Crippen LogP contribution in [-0.4, -0.2) is 26.3 Å². The number of hydrogen-bond donors (Lipinski definition) is 1. The lowest BCUT2D eigenvalue weighted by Gasteiger charge is -2.19. The van der Waals surface area contributed by atoms with Gasteiger partial charge in [-0.2, -0.15) is 0 Å². The quantitative estimate of drug-likeness (QED) is 0.878. The van der Waals surface area contributed by atoms with Crippen LogP contribution in [0.15, 0.2) is 23.1 Å². The molecule has 0 bridgehead atoms. The first-order valence-corrected chi connectivity index (χ1v) is 8.05. The summed E-state index contributed by atoms with van der Waals surface area (Å²) in [4.78, 5) is 0.137. The first kappa shape index (κ1) is 16.4. The zero-order valence-electron chi connectivity index (χ0n) is 11.6. The Labute approximate surface area is 120 Å². The molecule has 2 N–H and O–H groups in total. The molecular weight excluding hydrogens is 284 g/mol. The predicted octanol–water partition coefficient (Wildman–Crippen LogP) is 2.47. The lowest BCUT2D eigenvalue weighted by atomic mass is 10.1. The van der Waals surface area contributed by atoms with Gasteiger partial charge >= 0.3 is 0 Å². The highest BCUT2D eigenvalue weighted by atomic mass is 35.5. The van der Waals surface area contributed by atoms with E-state index in [1.807, 2.05) is 0 Å². The Balaban J connectivity index is 2.99. The van der Waals surface area contributed by atoms with E-state index in [0.29, 0.717) is 19.0 Å². The Bertz CT molecular complexity index is 529. The zero-order valence-corrected chi connectivity index (χ0v) is 13.1. The number of hydrogen-bond acceptors (Lipinski definition) is 3. The first-order valence-electron chi connectivity index (χ1n) is 6.24. The van der Waals surface area contributed by atoms with Crippen molar-refractivity contribution in [2.75, 3.05) is 13.6 Å². The Morgan fingerprint density at radius 1 is 1.37 bits per heavy atom. The van der Waals surface area contributed by atoms with Crippen LogP contribution < -0.4 is 5.73 Å². The van der Waals surface area contributed by atoms with Crippen LogP contribution in [0.3, 0.4) is 0 Å². The Morgan fingerprint density at radius 2 is 2.00 bits per heavy atom. The second-order valence-corrected chi connectivity index (χ2v) is 7.40. The van der Waals surface area contributed by atoms with Crippen molar-refractivity contribution in [3.05, 3.63) is 28.8 Å². The maximum absolute atomic E-state index is 12.4. The number of nitrogens with zero attached hydrogens (tertiary/aromatic N) is 1. The fraction of sp³-hybridized carbons (Fsp3) is 0.538. The van der Waals surface area contributed by atoms with Crippen LogP contribution in [-0.2, 0) is 16.6 Å². The van der Waals surface area contributed by atoms with Crippen molar-refractivity contribution >= 4 is 21.6 Å². The fourth-order valence-electron chi connectivity index (χ4n) is 1.61. The van der Waals surface area contributed by atoms with Gasteiger partial charge in [-0.3, -0.25) is 0 Å². The van der Waals surface area contributed by atoms with E-state index < -0.39 is 10.0 Å².